The van der Waals surface area contributed by atoms with Crippen LogP contribution in [0.2, 0.25) is 0 Å². The summed E-state index contributed by atoms with van der Waals surface area (Å²) < 4.78 is 1.72. The zero-order valence-electron chi connectivity index (χ0n) is 10.5. The molecule has 100 valence electrons. The van der Waals surface area contributed by atoms with Gasteiger partial charge in [0.05, 0.1) is 18.3 Å². The molecule has 1 aromatic carbocycles. The lowest BCUT2D eigenvalue weighted by Gasteiger charge is -2.07. The van der Waals surface area contributed by atoms with E-state index in [1.165, 1.54) is 18.2 Å². The van der Waals surface area contributed by atoms with Gasteiger partial charge in [-0.3, -0.25) is 9.48 Å². The molecule has 0 radical (unpaired) electrons. The third-order valence-electron chi connectivity index (χ3n) is 2.65. The van der Waals surface area contributed by atoms with Gasteiger partial charge in [0.1, 0.15) is 0 Å². The molecule has 2 rings (SSSR count). The Morgan fingerprint density at radius 2 is 2.21 bits per heavy atom. The lowest BCUT2D eigenvalue weighted by atomic mass is 10.1. The van der Waals surface area contributed by atoms with E-state index in [9.17, 15) is 15.0 Å². The molecule has 0 saturated heterocycles. The first-order valence-electron chi connectivity index (χ1n) is 5.86. The summed E-state index contributed by atoms with van der Waals surface area (Å²) >= 11 is 0. The highest BCUT2D eigenvalue weighted by Gasteiger charge is 2.13. The largest absolute Gasteiger partial charge is 0.504 e. The number of aromatic nitrogens is 2. The van der Waals surface area contributed by atoms with Crippen LogP contribution in [0.1, 0.15) is 15.9 Å². The first-order valence-corrected chi connectivity index (χ1v) is 5.86. The van der Waals surface area contributed by atoms with Gasteiger partial charge in [-0.05, 0) is 24.6 Å². The van der Waals surface area contributed by atoms with E-state index in [1.807, 2.05) is 13.1 Å². The van der Waals surface area contributed by atoms with Crippen LogP contribution in [0.15, 0.2) is 30.6 Å². The Hall–Kier alpha value is -2.50. The van der Waals surface area contributed by atoms with Gasteiger partial charge >= 0.3 is 0 Å². The molecule has 6 heteroatoms. The van der Waals surface area contributed by atoms with Crippen molar-refractivity contribution < 1.29 is 15.0 Å². The van der Waals surface area contributed by atoms with Crippen molar-refractivity contribution in [2.75, 3.05) is 6.54 Å². The maximum Gasteiger partial charge on any atom is 0.255 e. The highest BCUT2D eigenvalue weighted by molar-refractivity contribution is 5.97. The minimum atomic E-state index is -0.433. The minimum absolute atomic E-state index is 0.0524. The smallest absolute Gasteiger partial charge is 0.255 e. The molecule has 2 aromatic rings. The number of carbonyl (C=O) groups excluding carboxylic acids is 1. The summed E-state index contributed by atoms with van der Waals surface area (Å²) in [5, 5.41) is 25.6. The molecule has 1 amide bonds. The summed E-state index contributed by atoms with van der Waals surface area (Å²) in [6, 6.07) is 4.27. The third-order valence-corrected chi connectivity index (χ3v) is 2.65. The lowest BCUT2D eigenvalue weighted by molar-refractivity contribution is 0.0948. The molecule has 0 saturated carbocycles. The number of rotatable bonds is 4. The Bertz CT molecular complexity index is 593. The van der Waals surface area contributed by atoms with Crippen LogP contribution >= 0.6 is 0 Å². The average molecular weight is 261 g/mol. The van der Waals surface area contributed by atoms with Crippen LogP contribution in [0.3, 0.4) is 0 Å². The summed E-state index contributed by atoms with van der Waals surface area (Å²) in [5.41, 5.74) is 1.11. The Kier molecular flexibility index (Phi) is 3.70. The van der Waals surface area contributed by atoms with E-state index >= 15 is 0 Å². The van der Waals surface area contributed by atoms with Crippen LogP contribution in [0.5, 0.6) is 11.5 Å². The van der Waals surface area contributed by atoms with Crippen LogP contribution < -0.4 is 5.32 Å². The number of nitrogens with one attached hydrogen (secondary N) is 1. The van der Waals surface area contributed by atoms with Gasteiger partial charge in [-0.25, -0.2) is 0 Å². The molecule has 0 spiro atoms. The van der Waals surface area contributed by atoms with E-state index < -0.39 is 11.7 Å². The quantitative estimate of drug-likeness (QED) is 0.717. The van der Waals surface area contributed by atoms with Crippen LogP contribution in [0, 0.1) is 6.92 Å². The number of hydrogen-bond donors (Lipinski definition) is 3. The maximum atomic E-state index is 11.8. The molecule has 1 aromatic heterocycles. The highest BCUT2D eigenvalue weighted by atomic mass is 16.3. The van der Waals surface area contributed by atoms with Gasteiger partial charge in [-0.1, -0.05) is 6.07 Å². The molecule has 6 nitrogen and oxygen atoms in total. The minimum Gasteiger partial charge on any atom is -0.504 e. The average Bonchev–Trinajstić information content (AvgIpc) is 2.78. The second-order valence-electron chi connectivity index (χ2n) is 4.21. The summed E-state index contributed by atoms with van der Waals surface area (Å²) in [6.45, 7) is 2.86. The predicted molar refractivity (Wildman–Crippen MR) is 69.1 cm³/mol. The van der Waals surface area contributed by atoms with E-state index in [-0.39, 0.29) is 11.3 Å². The van der Waals surface area contributed by atoms with Crippen molar-refractivity contribution in [1.82, 2.24) is 15.1 Å². The molecule has 0 aliphatic heterocycles. The second-order valence-corrected chi connectivity index (χ2v) is 4.21. The zero-order chi connectivity index (χ0) is 13.8. The van der Waals surface area contributed by atoms with Crippen molar-refractivity contribution >= 4 is 5.91 Å². The van der Waals surface area contributed by atoms with E-state index in [1.54, 1.807) is 10.9 Å². The molecule has 0 aliphatic carbocycles. The van der Waals surface area contributed by atoms with Gasteiger partial charge in [0.2, 0.25) is 0 Å². The molecule has 0 bridgehead atoms. The monoisotopic (exact) mass is 261 g/mol. The van der Waals surface area contributed by atoms with Crippen molar-refractivity contribution in [3.05, 3.63) is 41.7 Å². The van der Waals surface area contributed by atoms with Crippen molar-refractivity contribution in [3.8, 4) is 11.5 Å². The fraction of sp³-hybridized carbons (Fsp3) is 0.231. The SMILES string of the molecule is Cc1cnn(CCNC(=O)c2cccc(O)c2O)c1. The summed E-state index contributed by atoms with van der Waals surface area (Å²) in [5.74, 6) is -1.15. The molecule has 3 N–H and O–H groups in total. The highest BCUT2D eigenvalue weighted by Crippen LogP contribution is 2.27. The normalized spacial score (nSPS) is 10.4. The van der Waals surface area contributed by atoms with Crippen molar-refractivity contribution in [3.63, 3.8) is 0 Å². The molecule has 0 aliphatic rings. The molecule has 19 heavy (non-hydrogen) atoms. The predicted octanol–water partition coefficient (Wildman–Crippen LogP) is 1.03. The number of para-hydroxylation sites is 1. The zero-order valence-corrected chi connectivity index (χ0v) is 10.5. The number of amides is 1. The Balaban J connectivity index is 1.93. The Morgan fingerprint density at radius 3 is 2.89 bits per heavy atom. The first kappa shape index (κ1) is 12.9. The fourth-order valence-corrected chi connectivity index (χ4v) is 1.68. The number of aromatic hydroxyl groups is 2. The number of phenols is 2. The Labute approximate surface area is 110 Å². The van der Waals surface area contributed by atoms with E-state index in [0.717, 1.165) is 5.56 Å². The van der Waals surface area contributed by atoms with Gasteiger partial charge in [-0.15, -0.1) is 0 Å². The second kappa shape index (κ2) is 5.43. The van der Waals surface area contributed by atoms with E-state index in [2.05, 4.69) is 10.4 Å². The summed E-state index contributed by atoms with van der Waals surface area (Å²) in [6.07, 6.45) is 3.61. The number of benzene rings is 1. The van der Waals surface area contributed by atoms with Crippen LogP contribution in [-0.2, 0) is 6.54 Å². The number of hydrogen-bond acceptors (Lipinski definition) is 4. The first-order chi connectivity index (χ1) is 9.08. The van der Waals surface area contributed by atoms with E-state index in [4.69, 9.17) is 0 Å². The number of aryl methyl sites for hydroxylation is 1. The van der Waals surface area contributed by atoms with Gasteiger partial charge in [0.25, 0.3) is 5.91 Å². The topological polar surface area (TPSA) is 87.4 Å². The number of phenolic OH excluding ortho intramolecular Hbond substituents is 2. The van der Waals surface area contributed by atoms with Crippen LogP contribution in [0.4, 0.5) is 0 Å². The van der Waals surface area contributed by atoms with Gasteiger partial charge in [0.15, 0.2) is 11.5 Å². The van der Waals surface area contributed by atoms with Crippen molar-refractivity contribution in [1.29, 1.82) is 0 Å². The van der Waals surface area contributed by atoms with Crippen molar-refractivity contribution in [2.45, 2.75) is 13.5 Å². The lowest BCUT2D eigenvalue weighted by Crippen LogP contribution is -2.27. The van der Waals surface area contributed by atoms with Crippen LogP contribution in [0.25, 0.3) is 0 Å². The van der Waals surface area contributed by atoms with Gasteiger partial charge < -0.3 is 15.5 Å². The Morgan fingerprint density at radius 1 is 1.42 bits per heavy atom. The fourth-order valence-electron chi connectivity index (χ4n) is 1.68. The molecule has 0 fully saturated rings. The van der Waals surface area contributed by atoms with Crippen molar-refractivity contribution in [2.24, 2.45) is 0 Å². The molecular formula is C13H15N3O3. The molecule has 0 atom stereocenters. The summed E-state index contributed by atoms with van der Waals surface area (Å²) in [7, 11) is 0. The standard InChI is InChI=1S/C13H15N3O3/c1-9-7-15-16(8-9)6-5-14-13(19)10-3-2-4-11(17)12(10)18/h2-4,7-8,17-18H,5-6H2,1H3,(H,14,19). The third kappa shape index (κ3) is 3.04. The van der Waals surface area contributed by atoms with Gasteiger partial charge in [0, 0.05) is 12.7 Å². The van der Waals surface area contributed by atoms with Crippen LogP contribution in [-0.4, -0.2) is 32.4 Å². The summed E-state index contributed by atoms with van der Waals surface area (Å²) in [4.78, 5) is 11.8. The van der Waals surface area contributed by atoms with Gasteiger partial charge in [-0.2, -0.15) is 5.10 Å². The number of nitrogens with zero attached hydrogens (tertiary/aromatic N) is 2. The molecule has 1 heterocycles. The molecular weight excluding hydrogens is 246 g/mol. The maximum absolute atomic E-state index is 11.8. The van der Waals surface area contributed by atoms with E-state index in [0.29, 0.717) is 13.1 Å². The number of carbonyl (C=O) groups is 1. The molecule has 0 unspecified atom stereocenters.